The van der Waals surface area contributed by atoms with Crippen molar-refractivity contribution < 1.29 is 23.1 Å². The van der Waals surface area contributed by atoms with Crippen LogP contribution in [0.3, 0.4) is 0 Å². The highest BCUT2D eigenvalue weighted by Crippen LogP contribution is 2.23. The first-order chi connectivity index (χ1) is 13.0. The fourth-order valence-corrected chi connectivity index (χ4v) is 2.42. The number of carbonyl (C=O) groups excluding carboxylic acids is 2. The van der Waals surface area contributed by atoms with Crippen LogP contribution in [0.2, 0.25) is 0 Å². The molecule has 1 heterocycles. The normalized spacial score (nSPS) is 11.6. The van der Waals surface area contributed by atoms with E-state index in [-0.39, 0.29) is 11.6 Å². The van der Waals surface area contributed by atoms with E-state index in [0.29, 0.717) is 17.9 Å². The fourth-order valence-electron chi connectivity index (χ4n) is 2.42. The molecule has 5 nitrogen and oxygen atoms in total. The van der Waals surface area contributed by atoms with Crippen LogP contribution in [0.4, 0.5) is 4.39 Å². The van der Waals surface area contributed by atoms with Crippen molar-refractivity contribution in [2.24, 2.45) is 0 Å². The Balaban J connectivity index is 1.56. The number of ether oxygens (including phenoxy) is 1. The molecular formula is C21H18FNO4. The second kappa shape index (κ2) is 8.31. The SMILES string of the molecule is CC(OC(=O)c1ccc(-c2ccc(F)cc2)o1)C(=O)NCc1ccccc1. The van der Waals surface area contributed by atoms with Crippen LogP contribution in [0.1, 0.15) is 23.0 Å². The third-order valence-electron chi connectivity index (χ3n) is 3.90. The lowest BCUT2D eigenvalue weighted by molar-refractivity contribution is -0.129. The van der Waals surface area contributed by atoms with Crippen LogP contribution in [0.25, 0.3) is 11.3 Å². The van der Waals surface area contributed by atoms with E-state index in [0.717, 1.165) is 5.56 Å². The number of hydrogen-bond acceptors (Lipinski definition) is 4. The predicted molar refractivity (Wildman–Crippen MR) is 97.3 cm³/mol. The van der Waals surface area contributed by atoms with Gasteiger partial charge in [0.2, 0.25) is 5.76 Å². The number of carbonyl (C=O) groups is 2. The molecule has 1 N–H and O–H groups in total. The molecule has 1 amide bonds. The van der Waals surface area contributed by atoms with E-state index in [2.05, 4.69) is 5.32 Å². The standard InChI is InChI=1S/C21H18FNO4/c1-14(20(24)23-13-15-5-3-2-4-6-15)26-21(25)19-12-11-18(27-19)16-7-9-17(22)10-8-16/h2-12,14H,13H2,1H3,(H,23,24). The van der Waals surface area contributed by atoms with Crippen LogP contribution in [0, 0.1) is 5.82 Å². The molecule has 6 heteroatoms. The minimum Gasteiger partial charge on any atom is -0.449 e. The first kappa shape index (κ1) is 18.4. The third-order valence-corrected chi connectivity index (χ3v) is 3.90. The quantitative estimate of drug-likeness (QED) is 0.670. The van der Waals surface area contributed by atoms with E-state index < -0.39 is 18.0 Å². The fraction of sp³-hybridized carbons (Fsp3) is 0.143. The van der Waals surface area contributed by atoms with Gasteiger partial charge in [-0.2, -0.15) is 0 Å². The Bertz CT molecular complexity index is 919. The predicted octanol–water partition coefficient (Wildman–Crippen LogP) is 3.95. The molecular weight excluding hydrogens is 349 g/mol. The lowest BCUT2D eigenvalue weighted by Gasteiger charge is -2.12. The van der Waals surface area contributed by atoms with Crippen molar-refractivity contribution in [2.45, 2.75) is 19.6 Å². The summed E-state index contributed by atoms with van der Waals surface area (Å²) < 4.78 is 23.6. The number of rotatable bonds is 6. The molecule has 0 fully saturated rings. The van der Waals surface area contributed by atoms with Crippen molar-refractivity contribution in [1.82, 2.24) is 5.32 Å². The minimum absolute atomic E-state index is 0.0305. The summed E-state index contributed by atoms with van der Waals surface area (Å²) in [7, 11) is 0. The molecule has 2 aromatic carbocycles. The molecule has 0 spiro atoms. The van der Waals surface area contributed by atoms with E-state index in [4.69, 9.17) is 9.15 Å². The molecule has 0 aliphatic carbocycles. The van der Waals surface area contributed by atoms with Gasteiger partial charge in [0.15, 0.2) is 6.10 Å². The van der Waals surface area contributed by atoms with Gasteiger partial charge >= 0.3 is 5.97 Å². The van der Waals surface area contributed by atoms with Gasteiger partial charge in [-0.15, -0.1) is 0 Å². The second-order valence-corrected chi connectivity index (χ2v) is 5.92. The first-order valence-corrected chi connectivity index (χ1v) is 8.41. The summed E-state index contributed by atoms with van der Waals surface area (Å²) in [5.74, 6) is -1.14. The number of hydrogen-bond donors (Lipinski definition) is 1. The molecule has 138 valence electrons. The van der Waals surface area contributed by atoms with Crippen molar-refractivity contribution in [3.8, 4) is 11.3 Å². The number of furan rings is 1. The smallest absolute Gasteiger partial charge is 0.375 e. The highest BCUT2D eigenvalue weighted by molar-refractivity contribution is 5.90. The zero-order chi connectivity index (χ0) is 19.2. The lowest BCUT2D eigenvalue weighted by Crippen LogP contribution is -2.35. The molecule has 3 rings (SSSR count). The van der Waals surface area contributed by atoms with Gasteiger partial charge in [0, 0.05) is 12.1 Å². The lowest BCUT2D eigenvalue weighted by atomic mass is 10.2. The zero-order valence-electron chi connectivity index (χ0n) is 14.6. The topological polar surface area (TPSA) is 68.5 Å². The highest BCUT2D eigenvalue weighted by atomic mass is 19.1. The van der Waals surface area contributed by atoms with E-state index in [1.807, 2.05) is 30.3 Å². The van der Waals surface area contributed by atoms with E-state index in [1.54, 1.807) is 18.2 Å². The summed E-state index contributed by atoms with van der Waals surface area (Å²) in [5, 5.41) is 2.71. The Hall–Kier alpha value is -3.41. The maximum absolute atomic E-state index is 13.0. The van der Waals surface area contributed by atoms with Crippen molar-refractivity contribution >= 4 is 11.9 Å². The van der Waals surface area contributed by atoms with Gasteiger partial charge in [0.1, 0.15) is 11.6 Å². The summed E-state index contributed by atoms with van der Waals surface area (Å²) >= 11 is 0. The van der Waals surface area contributed by atoms with Crippen LogP contribution in [0.5, 0.6) is 0 Å². The summed E-state index contributed by atoms with van der Waals surface area (Å²) in [6.45, 7) is 1.83. The van der Waals surface area contributed by atoms with Crippen LogP contribution < -0.4 is 5.32 Å². The van der Waals surface area contributed by atoms with Gasteiger partial charge in [0.25, 0.3) is 5.91 Å². The van der Waals surface area contributed by atoms with Crippen LogP contribution in [-0.4, -0.2) is 18.0 Å². The largest absolute Gasteiger partial charge is 0.449 e. The summed E-state index contributed by atoms with van der Waals surface area (Å²) in [6, 6.07) is 18.1. The Labute approximate surface area is 155 Å². The molecule has 0 saturated carbocycles. The number of amides is 1. The molecule has 3 aromatic rings. The molecule has 0 aliphatic rings. The maximum atomic E-state index is 13.0. The van der Waals surface area contributed by atoms with Crippen LogP contribution >= 0.6 is 0 Å². The van der Waals surface area contributed by atoms with Crippen molar-refractivity contribution in [2.75, 3.05) is 0 Å². The zero-order valence-corrected chi connectivity index (χ0v) is 14.6. The molecule has 0 saturated heterocycles. The van der Waals surface area contributed by atoms with Crippen molar-refractivity contribution in [3.05, 3.63) is 83.9 Å². The summed E-state index contributed by atoms with van der Waals surface area (Å²) in [4.78, 5) is 24.3. The molecule has 1 unspecified atom stereocenters. The van der Waals surface area contributed by atoms with Gasteiger partial charge in [-0.05, 0) is 48.9 Å². The number of halogens is 1. The van der Waals surface area contributed by atoms with Crippen LogP contribution in [0.15, 0.2) is 71.1 Å². The van der Waals surface area contributed by atoms with Gasteiger partial charge < -0.3 is 14.5 Å². The first-order valence-electron chi connectivity index (χ1n) is 8.41. The number of benzene rings is 2. The van der Waals surface area contributed by atoms with Crippen molar-refractivity contribution in [3.63, 3.8) is 0 Å². The molecule has 1 aromatic heterocycles. The van der Waals surface area contributed by atoms with E-state index in [9.17, 15) is 14.0 Å². The summed E-state index contributed by atoms with van der Waals surface area (Å²) in [6.07, 6.45) is -0.972. The Kier molecular flexibility index (Phi) is 5.66. The van der Waals surface area contributed by atoms with E-state index >= 15 is 0 Å². The molecule has 1 atom stereocenters. The van der Waals surface area contributed by atoms with E-state index in [1.165, 1.54) is 25.1 Å². The average Bonchev–Trinajstić information content (AvgIpc) is 3.17. The number of nitrogens with one attached hydrogen (secondary N) is 1. The average molecular weight is 367 g/mol. The van der Waals surface area contributed by atoms with Crippen molar-refractivity contribution in [1.29, 1.82) is 0 Å². The highest BCUT2D eigenvalue weighted by Gasteiger charge is 2.21. The maximum Gasteiger partial charge on any atom is 0.375 e. The van der Waals surface area contributed by atoms with Gasteiger partial charge in [-0.3, -0.25) is 4.79 Å². The van der Waals surface area contributed by atoms with Gasteiger partial charge in [-0.1, -0.05) is 30.3 Å². The molecule has 0 aliphatic heterocycles. The van der Waals surface area contributed by atoms with Gasteiger partial charge in [0.05, 0.1) is 0 Å². The second-order valence-electron chi connectivity index (χ2n) is 5.92. The monoisotopic (exact) mass is 367 g/mol. The Morgan fingerprint density at radius 1 is 1.04 bits per heavy atom. The molecule has 0 radical (unpaired) electrons. The van der Waals surface area contributed by atoms with Crippen LogP contribution in [-0.2, 0) is 16.1 Å². The van der Waals surface area contributed by atoms with Gasteiger partial charge in [-0.25, -0.2) is 9.18 Å². The Morgan fingerprint density at radius 2 is 1.74 bits per heavy atom. The minimum atomic E-state index is -0.972. The Morgan fingerprint density at radius 3 is 2.44 bits per heavy atom. The third kappa shape index (κ3) is 4.82. The molecule has 27 heavy (non-hydrogen) atoms. The summed E-state index contributed by atoms with van der Waals surface area (Å²) in [5.41, 5.74) is 1.57. The number of esters is 1. The molecule has 0 bridgehead atoms.